The van der Waals surface area contributed by atoms with E-state index in [1.807, 2.05) is 21.1 Å². The van der Waals surface area contributed by atoms with Crippen LogP contribution in [0.1, 0.15) is 26.2 Å². The smallest absolute Gasteiger partial charge is 0.307 e. The molecular weight excluding hydrogens is 267 g/mol. The number of carbonyl (C=O) groups is 3. The molecule has 0 aromatic heterocycles. The third-order valence-electron chi connectivity index (χ3n) is 2.49. The van der Waals surface area contributed by atoms with Gasteiger partial charge in [0, 0.05) is 12.8 Å². The molecule has 0 radical (unpaired) electrons. The van der Waals surface area contributed by atoms with Crippen LogP contribution in [0.25, 0.3) is 0 Å². The topological polar surface area (TPSA) is 101 Å². The first-order chi connectivity index (χ1) is 8.99. The van der Waals surface area contributed by atoms with Crippen LogP contribution in [0.5, 0.6) is 0 Å². The highest BCUT2D eigenvalue weighted by molar-refractivity contribution is 5.73. The monoisotopic (exact) mass is 291 g/mol. The van der Waals surface area contributed by atoms with Gasteiger partial charge in [-0.15, -0.1) is 0 Å². The minimum Gasteiger partial charge on any atom is -0.481 e. The first-order valence-corrected chi connectivity index (χ1v) is 6.43. The van der Waals surface area contributed by atoms with Crippen molar-refractivity contribution in [1.29, 1.82) is 0 Å². The van der Waals surface area contributed by atoms with Crippen molar-refractivity contribution >= 4 is 17.9 Å². The number of ether oxygens (including phenoxy) is 1. The predicted molar refractivity (Wildman–Crippen MR) is 71.1 cm³/mol. The van der Waals surface area contributed by atoms with Crippen molar-refractivity contribution < 1.29 is 33.8 Å². The number of carboxylic acid groups (broad SMARTS) is 2. The van der Waals surface area contributed by atoms with Crippen molar-refractivity contribution in [2.45, 2.75) is 32.3 Å². The first-order valence-electron chi connectivity index (χ1n) is 6.43. The van der Waals surface area contributed by atoms with Gasteiger partial charge in [-0.05, 0) is 5.92 Å². The summed E-state index contributed by atoms with van der Waals surface area (Å²) in [5, 5.41) is 17.4. The van der Waals surface area contributed by atoms with Gasteiger partial charge in [0.15, 0.2) is 6.10 Å². The fourth-order valence-electron chi connectivity index (χ4n) is 1.84. The van der Waals surface area contributed by atoms with E-state index in [2.05, 4.69) is 0 Å². The molecule has 0 bridgehead atoms. The number of quaternary nitrogens is 1. The number of likely N-dealkylation sites (N-methyl/N-ethyl adjacent to an activating group) is 1. The van der Waals surface area contributed by atoms with E-state index in [1.165, 1.54) is 0 Å². The van der Waals surface area contributed by atoms with Gasteiger partial charge in [0.25, 0.3) is 0 Å². The van der Waals surface area contributed by atoms with Gasteiger partial charge < -0.3 is 19.4 Å². The Kier molecular flexibility index (Phi) is 7.20. The summed E-state index contributed by atoms with van der Waals surface area (Å²) in [6.07, 6.45) is -1.11. The van der Waals surface area contributed by atoms with E-state index in [0.717, 1.165) is 0 Å². The summed E-state index contributed by atoms with van der Waals surface area (Å²) < 4.78 is 5.63. The third kappa shape index (κ3) is 10.3. The number of carboxylic acids is 2. The molecule has 116 valence electrons. The van der Waals surface area contributed by atoms with Gasteiger partial charge in [-0.3, -0.25) is 14.4 Å². The van der Waals surface area contributed by atoms with Gasteiger partial charge in [0.1, 0.15) is 6.54 Å². The van der Waals surface area contributed by atoms with Gasteiger partial charge in [-0.2, -0.15) is 0 Å². The summed E-state index contributed by atoms with van der Waals surface area (Å²) >= 11 is 0. The summed E-state index contributed by atoms with van der Waals surface area (Å²) in [7, 11) is 5.61. The maximum atomic E-state index is 11.7. The van der Waals surface area contributed by atoms with Crippen LogP contribution in [0.3, 0.4) is 0 Å². The predicted octanol–water partition coefficient (Wildman–Crippen LogP) is 0.580. The molecule has 0 rings (SSSR count). The van der Waals surface area contributed by atoms with E-state index < -0.39 is 24.0 Å². The highest BCUT2D eigenvalue weighted by atomic mass is 16.5. The van der Waals surface area contributed by atoms with E-state index in [1.54, 1.807) is 6.92 Å². The molecule has 2 atom stereocenters. The van der Waals surface area contributed by atoms with Crippen LogP contribution in [0.4, 0.5) is 0 Å². The SMILES string of the molecule is CC(CC(=O)O)CC(=O)O[C@H](CC(=O)O)C[N+](C)(C)[13CH3]. The maximum Gasteiger partial charge on any atom is 0.307 e. The molecule has 0 aliphatic carbocycles. The zero-order valence-electron chi connectivity index (χ0n) is 12.5. The zero-order chi connectivity index (χ0) is 15.9. The third-order valence-corrected chi connectivity index (χ3v) is 2.49. The first kappa shape index (κ1) is 18.4. The minimum absolute atomic E-state index is 0.0282. The van der Waals surface area contributed by atoms with Crippen molar-refractivity contribution in [3.05, 3.63) is 0 Å². The van der Waals surface area contributed by atoms with E-state index in [-0.39, 0.29) is 25.2 Å². The molecule has 0 amide bonds. The maximum absolute atomic E-state index is 11.7. The highest BCUT2D eigenvalue weighted by Crippen LogP contribution is 2.12. The lowest BCUT2D eigenvalue weighted by Crippen LogP contribution is -2.43. The fraction of sp³-hybridized carbons (Fsp3) is 0.769. The van der Waals surface area contributed by atoms with Gasteiger partial charge in [0.05, 0.1) is 27.6 Å². The number of carbonyl (C=O) groups excluding carboxylic acids is 1. The number of aliphatic carboxylic acids is 2. The molecule has 0 fully saturated rings. The van der Waals surface area contributed by atoms with Crippen molar-refractivity contribution in [3.8, 4) is 0 Å². The quantitative estimate of drug-likeness (QED) is 0.366. The minimum atomic E-state index is -1.03. The molecule has 0 aromatic carbocycles. The Morgan fingerprint density at radius 3 is 1.90 bits per heavy atom. The number of hydrogen-bond donors (Lipinski definition) is 2. The Morgan fingerprint density at radius 1 is 1.00 bits per heavy atom. The Balaban J connectivity index is 4.45. The molecule has 7 heteroatoms. The molecule has 0 aromatic rings. The number of nitrogens with zero attached hydrogens (tertiary/aromatic N) is 1. The van der Waals surface area contributed by atoms with Crippen molar-refractivity contribution in [3.63, 3.8) is 0 Å². The summed E-state index contributed by atoms with van der Waals surface area (Å²) in [5.41, 5.74) is 0. The van der Waals surface area contributed by atoms with Gasteiger partial charge in [0.2, 0.25) is 0 Å². The molecule has 0 aliphatic heterocycles. The van der Waals surface area contributed by atoms with Crippen LogP contribution in [-0.4, -0.2) is 66.4 Å². The van der Waals surface area contributed by atoms with Crippen molar-refractivity contribution in [2.75, 3.05) is 27.7 Å². The van der Waals surface area contributed by atoms with E-state index in [9.17, 15) is 14.4 Å². The highest BCUT2D eigenvalue weighted by Gasteiger charge is 2.25. The molecule has 7 nitrogen and oxygen atoms in total. The van der Waals surface area contributed by atoms with Gasteiger partial charge in [-0.1, -0.05) is 6.92 Å². The van der Waals surface area contributed by atoms with Crippen LogP contribution < -0.4 is 0 Å². The Bertz CT molecular complexity index is 360. The summed E-state index contributed by atoms with van der Waals surface area (Å²) in [6, 6.07) is 0. The zero-order valence-corrected chi connectivity index (χ0v) is 12.5. The molecule has 0 heterocycles. The average Bonchev–Trinajstić information content (AvgIpc) is 2.09. The molecular formula is C13H24NO6+. The normalized spacial score (nSPS) is 14.4. The van der Waals surface area contributed by atoms with E-state index in [0.29, 0.717) is 11.0 Å². The number of hydrogen-bond acceptors (Lipinski definition) is 4. The van der Waals surface area contributed by atoms with Gasteiger partial charge >= 0.3 is 17.9 Å². The second kappa shape index (κ2) is 7.84. The summed E-state index contributed by atoms with van der Waals surface area (Å²) in [6.45, 7) is 2.02. The molecule has 0 aliphatic rings. The largest absolute Gasteiger partial charge is 0.481 e. The second-order valence-corrected chi connectivity index (χ2v) is 6.09. The molecule has 0 spiro atoms. The lowest BCUT2D eigenvalue weighted by molar-refractivity contribution is -0.873. The standard InChI is InChI=1S/C13H23NO6/c1-9(5-11(15)16)6-13(19)20-10(7-12(17)18)8-14(2,3)4/h9-10H,5-8H2,1-4H3,(H-,15,16,17,18)/p+1/t9?,10-/m1/s1/i2+1. The fourth-order valence-corrected chi connectivity index (χ4v) is 1.84. The summed E-state index contributed by atoms with van der Waals surface area (Å²) in [5.74, 6) is -2.90. The number of esters is 1. The second-order valence-electron chi connectivity index (χ2n) is 6.09. The van der Waals surface area contributed by atoms with Crippen LogP contribution in [-0.2, 0) is 19.1 Å². The Labute approximate surface area is 118 Å². The van der Waals surface area contributed by atoms with Crippen LogP contribution in [0, 0.1) is 5.92 Å². The van der Waals surface area contributed by atoms with E-state index >= 15 is 0 Å². The Morgan fingerprint density at radius 2 is 1.50 bits per heavy atom. The van der Waals surface area contributed by atoms with Crippen LogP contribution in [0.2, 0.25) is 0 Å². The molecule has 0 saturated heterocycles. The molecule has 20 heavy (non-hydrogen) atoms. The van der Waals surface area contributed by atoms with Crippen molar-refractivity contribution in [2.24, 2.45) is 5.92 Å². The summed E-state index contributed by atoms with van der Waals surface area (Å²) in [4.78, 5) is 33.0. The molecule has 1 unspecified atom stereocenters. The molecule has 0 saturated carbocycles. The lowest BCUT2D eigenvalue weighted by Gasteiger charge is -2.28. The average molecular weight is 291 g/mol. The molecule has 2 N–H and O–H groups in total. The van der Waals surface area contributed by atoms with Crippen LogP contribution >= 0.6 is 0 Å². The van der Waals surface area contributed by atoms with Crippen LogP contribution in [0.15, 0.2) is 0 Å². The number of rotatable bonds is 9. The van der Waals surface area contributed by atoms with Crippen molar-refractivity contribution in [1.82, 2.24) is 0 Å². The lowest BCUT2D eigenvalue weighted by atomic mass is 10.0. The van der Waals surface area contributed by atoms with E-state index in [4.69, 9.17) is 14.9 Å². The van der Waals surface area contributed by atoms with Gasteiger partial charge in [-0.25, -0.2) is 0 Å². The Hall–Kier alpha value is -1.63.